The van der Waals surface area contributed by atoms with E-state index in [4.69, 9.17) is 11.1 Å². The number of amidine groups is 1. The first-order chi connectivity index (χ1) is 8.66. The number of nitrogens with two attached hydrogens (primary N) is 1. The van der Waals surface area contributed by atoms with E-state index in [1.165, 1.54) is 0 Å². The summed E-state index contributed by atoms with van der Waals surface area (Å²) >= 11 is 0. The molecule has 2 fully saturated rings. The lowest BCUT2D eigenvalue weighted by Crippen LogP contribution is -2.27. The van der Waals surface area contributed by atoms with E-state index in [0.717, 1.165) is 31.7 Å². The van der Waals surface area contributed by atoms with Gasteiger partial charge in [-0.2, -0.15) is 0 Å². The van der Waals surface area contributed by atoms with Crippen LogP contribution in [0.5, 0.6) is 0 Å². The van der Waals surface area contributed by atoms with Crippen LogP contribution >= 0.6 is 0 Å². The van der Waals surface area contributed by atoms with Gasteiger partial charge in [-0.15, -0.1) is 0 Å². The smallest absolute Gasteiger partial charge is 0.139 e. The molecule has 2 heterocycles. The molecule has 1 saturated carbocycles. The van der Waals surface area contributed by atoms with Crippen LogP contribution in [0.15, 0.2) is 18.3 Å². The topological polar surface area (TPSA) is 86.2 Å². The van der Waals surface area contributed by atoms with Gasteiger partial charge in [0, 0.05) is 25.2 Å². The largest absolute Gasteiger partial charge is 0.393 e. The molecule has 2 aliphatic rings. The fourth-order valence-corrected chi connectivity index (χ4v) is 3.27. The van der Waals surface area contributed by atoms with Crippen LogP contribution in [0.25, 0.3) is 0 Å². The van der Waals surface area contributed by atoms with Gasteiger partial charge < -0.3 is 15.7 Å². The summed E-state index contributed by atoms with van der Waals surface area (Å²) in [6.07, 6.45) is 3.56. The number of nitrogens with zero attached hydrogens (tertiary/aromatic N) is 2. The molecule has 18 heavy (non-hydrogen) atoms. The monoisotopic (exact) mass is 246 g/mol. The van der Waals surface area contributed by atoms with E-state index >= 15 is 0 Å². The number of pyridine rings is 1. The molecule has 0 radical (unpaired) electrons. The molecular formula is C13H18N4O. The van der Waals surface area contributed by atoms with Crippen LogP contribution in [0.2, 0.25) is 0 Å². The molecule has 0 spiro atoms. The molecule has 0 aromatic carbocycles. The normalized spacial score (nSPS) is 30.5. The molecule has 4 N–H and O–H groups in total. The van der Waals surface area contributed by atoms with Gasteiger partial charge in [0.05, 0.1) is 11.7 Å². The van der Waals surface area contributed by atoms with E-state index in [2.05, 4.69) is 9.88 Å². The Labute approximate surface area is 106 Å². The molecule has 1 aliphatic heterocycles. The van der Waals surface area contributed by atoms with E-state index in [9.17, 15) is 5.11 Å². The van der Waals surface area contributed by atoms with Gasteiger partial charge in [0.2, 0.25) is 0 Å². The fourth-order valence-electron chi connectivity index (χ4n) is 3.27. The van der Waals surface area contributed by atoms with Crippen LogP contribution in [0.4, 0.5) is 5.82 Å². The Bertz CT molecular complexity index is 476. The number of nitrogen functional groups attached to an aromatic ring is 1. The number of hydrogen-bond donors (Lipinski definition) is 3. The maximum Gasteiger partial charge on any atom is 0.139 e. The third-order valence-electron chi connectivity index (χ3n) is 4.20. The van der Waals surface area contributed by atoms with E-state index in [1.807, 2.05) is 6.07 Å². The molecule has 3 atom stereocenters. The first-order valence-corrected chi connectivity index (χ1v) is 6.39. The van der Waals surface area contributed by atoms with Crippen LogP contribution in [-0.2, 0) is 0 Å². The zero-order chi connectivity index (χ0) is 12.7. The van der Waals surface area contributed by atoms with Gasteiger partial charge in [0.1, 0.15) is 11.7 Å². The molecule has 1 aliphatic carbocycles. The molecule has 1 aromatic heterocycles. The molecule has 0 amide bonds. The van der Waals surface area contributed by atoms with E-state index in [1.54, 1.807) is 12.3 Å². The maximum absolute atomic E-state index is 9.93. The summed E-state index contributed by atoms with van der Waals surface area (Å²) in [6, 6.07) is 3.63. The minimum atomic E-state index is -0.176. The van der Waals surface area contributed by atoms with E-state index in [-0.39, 0.29) is 11.9 Å². The van der Waals surface area contributed by atoms with Gasteiger partial charge in [-0.1, -0.05) is 0 Å². The van der Waals surface area contributed by atoms with Crippen molar-refractivity contribution in [3.05, 3.63) is 23.9 Å². The zero-order valence-electron chi connectivity index (χ0n) is 10.2. The van der Waals surface area contributed by atoms with Crippen LogP contribution in [0, 0.1) is 17.2 Å². The Morgan fingerprint density at radius 2 is 2.28 bits per heavy atom. The van der Waals surface area contributed by atoms with Crippen molar-refractivity contribution in [3.8, 4) is 0 Å². The lowest BCUT2D eigenvalue weighted by atomic mass is 10.00. The van der Waals surface area contributed by atoms with Crippen LogP contribution < -0.4 is 10.6 Å². The van der Waals surface area contributed by atoms with Crippen molar-refractivity contribution in [1.29, 1.82) is 5.41 Å². The summed E-state index contributed by atoms with van der Waals surface area (Å²) in [7, 11) is 0. The van der Waals surface area contributed by atoms with Gasteiger partial charge in [0.25, 0.3) is 0 Å². The summed E-state index contributed by atoms with van der Waals surface area (Å²) in [5.74, 6) is 1.75. The Kier molecular flexibility index (Phi) is 2.70. The molecule has 1 saturated heterocycles. The summed E-state index contributed by atoms with van der Waals surface area (Å²) < 4.78 is 0. The molecule has 3 unspecified atom stereocenters. The first kappa shape index (κ1) is 11.5. The number of aliphatic hydroxyl groups is 1. The van der Waals surface area contributed by atoms with Crippen molar-refractivity contribution < 1.29 is 5.11 Å². The first-order valence-electron chi connectivity index (χ1n) is 6.39. The van der Waals surface area contributed by atoms with Crippen LogP contribution in [-0.4, -0.2) is 35.1 Å². The SMILES string of the molecule is N=C(N)c1cccnc1N1CC2CCC(O)C2C1. The lowest BCUT2D eigenvalue weighted by molar-refractivity contribution is 0.133. The van der Waals surface area contributed by atoms with Gasteiger partial charge >= 0.3 is 0 Å². The fraction of sp³-hybridized carbons (Fsp3) is 0.538. The molecule has 1 aromatic rings. The van der Waals surface area contributed by atoms with Crippen LogP contribution in [0.1, 0.15) is 18.4 Å². The number of fused-ring (bicyclic) bond motifs is 1. The van der Waals surface area contributed by atoms with Crippen molar-refractivity contribution in [3.63, 3.8) is 0 Å². The third-order valence-corrected chi connectivity index (χ3v) is 4.20. The minimum absolute atomic E-state index is 0.0516. The molecule has 0 bridgehead atoms. The second-order valence-electron chi connectivity index (χ2n) is 5.26. The van der Waals surface area contributed by atoms with Crippen molar-refractivity contribution in [2.75, 3.05) is 18.0 Å². The second-order valence-corrected chi connectivity index (χ2v) is 5.26. The highest BCUT2D eigenvalue weighted by Gasteiger charge is 2.42. The lowest BCUT2D eigenvalue weighted by Gasteiger charge is -2.21. The number of rotatable bonds is 2. The predicted molar refractivity (Wildman–Crippen MR) is 69.7 cm³/mol. The molecule has 5 nitrogen and oxygen atoms in total. The summed E-state index contributed by atoms with van der Waals surface area (Å²) in [4.78, 5) is 6.52. The Balaban J connectivity index is 1.87. The number of hydrogen-bond acceptors (Lipinski definition) is 4. The predicted octanol–water partition coefficient (Wildman–Crippen LogP) is 0.573. The Hall–Kier alpha value is -1.62. The highest BCUT2D eigenvalue weighted by Crippen LogP contribution is 2.39. The van der Waals surface area contributed by atoms with Gasteiger partial charge in [0.15, 0.2) is 0 Å². The summed E-state index contributed by atoms with van der Waals surface area (Å²) in [6.45, 7) is 1.74. The molecule has 5 heteroatoms. The second kappa shape index (κ2) is 4.24. The standard InChI is InChI=1S/C13H18N4O/c14-12(15)9-2-1-5-16-13(9)17-6-8-3-4-11(18)10(8)7-17/h1-2,5,8,10-11,18H,3-4,6-7H2,(H3,14,15). The Morgan fingerprint density at radius 1 is 1.44 bits per heavy atom. The highest BCUT2D eigenvalue weighted by molar-refractivity contribution is 5.99. The maximum atomic E-state index is 9.93. The van der Waals surface area contributed by atoms with Gasteiger partial charge in [-0.05, 0) is 30.9 Å². The quantitative estimate of drug-likeness (QED) is 0.526. The molecular weight excluding hydrogens is 228 g/mol. The zero-order valence-corrected chi connectivity index (χ0v) is 10.2. The van der Waals surface area contributed by atoms with Gasteiger partial charge in [-0.3, -0.25) is 5.41 Å². The van der Waals surface area contributed by atoms with Crippen molar-refractivity contribution >= 4 is 11.7 Å². The van der Waals surface area contributed by atoms with Crippen molar-refractivity contribution in [2.45, 2.75) is 18.9 Å². The van der Waals surface area contributed by atoms with Crippen molar-refractivity contribution in [1.82, 2.24) is 4.98 Å². The average molecular weight is 246 g/mol. The van der Waals surface area contributed by atoms with Crippen LogP contribution in [0.3, 0.4) is 0 Å². The Morgan fingerprint density at radius 3 is 3.00 bits per heavy atom. The summed E-state index contributed by atoms with van der Waals surface area (Å²) in [5.41, 5.74) is 6.28. The number of aliphatic hydroxyl groups excluding tert-OH is 1. The highest BCUT2D eigenvalue weighted by atomic mass is 16.3. The number of anilines is 1. The third kappa shape index (κ3) is 1.75. The molecule has 3 rings (SSSR count). The number of nitrogens with one attached hydrogen (secondary N) is 1. The summed E-state index contributed by atoms with van der Waals surface area (Å²) in [5, 5.41) is 17.5. The minimum Gasteiger partial charge on any atom is -0.393 e. The molecule has 96 valence electrons. The van der Waals surface area contributed by atoms with Crippen molar-refractivity contribution in [2.24, 2.45) is 17.6 Å². The van der Waals surface area contributed by atoms with E-state index < -0.39 is 0 Å². The number of aromatic nitrogens is 1. The average Bonchev–Trinajstić information content (AvgIpc) is 2.92. The van der Waals surface area contributed by atoms with E-state index in [0.29, 0.717) is 17.4 Å². The van der Waals surface area contributed by atoms with Gasteiger partial charge in [-0.25, -0.2) is 4.98 Å².